The molecule has 0 saturated heterocycles. The molecule has 0 aliphatic carbocycles. The molecule has 0 aliphatic rings. The maximum Gasteiger partial charge on any atom is 0.244 e. The van der Waals surface area contributed by atoms with Gasteiger partial charge in [0.05, 0.1) is 14.2 Å². The van der Waals surface area contributed by atoms with E-state index in [1.807, 2.05) is 23.6 Å². The number of carbonyl (C=O) groups is 1. The first kappa shape index (κ1) is 16.1. The number of hydrogen-bond acceptors (Lipinski definition) is 4. The minimum Gasteiger partial charge on any atom is -0.493 e. The second-order valence-electron chi connectivity index (χ2n) is 4.62. The van der Waals surface area contributed by atoms with E-state index in [0.29, 0.717) is 18.0 Å². The highest BCUT2D eigenvalue weighted by atomic mass is 32.1. The lowest BCUT2D eigenvalue weighted by Crippen LogP contribution is -2.23. The quantitative estimate of drug-likeness (QED) is 0.798. The molecule has 0 atom stereocenters. The number of benzene rings is 1. The van der Waals surface area contributed by atoms with E-state index in [2.05, 4.69) is 16.8 Å². The summed E-state index contributed by atoms with van der Waals surface area (Å²) in [5.74, 6) is 1.20. The van der Waals surface area contributed by atoms with Crippen LogP contribution in [0.4, 0.5) is 0 Å². The third-order valence-electron chi connectivity index (χ3n) is 3.13. The maximum absolute atomic E-state index is 11.8. The van der Waals surface area contributed by atoms with Crippen LogP contribution in [0.15, 0.2) is 41.1 Å². The van der Waals surface area contributed by atoms with Crippen molar-refractivity contribution < 1.29 is 14.3 Å². The van der Waals surface area contributed by atoms with Crippen LogP contribution in [0.2, 0.25) is 0 Å². The molecule has 22 heavy (non-hydrogen) atoms. The van der Waals surface area contributed by atoms with Crippen molar-refractivity contribution in [1.82, 2.24) is 5.32 Å². The SMILES string of the molecule is COc1ccc(/C=C/C(=O)NCCc2ccsc2)cc1OC. The Morgan fingerprint density at radius 3 is 2.73 bits per heavy atom. The van der Waals surface area contributed by atoms with Crippen LogP contribution in [0.1, 0.15) is 11.1 Å². The number of amides is 1. The summed E-state index contributed by atoms with van der Waals surface area (Å²) in [5, 5.41) is 6.99. The lowest BCUT2D eigenvalue weighted by Gasteiger charge is -2.07. The van der Waals surface area contributed by atoms with Crippen molar-refractivity contribution in [2.45, 2.75) is 6.42 Å². The van der Waals surface area contributed by atoms with Crippen LogP contribution >= 0.6 is 11.3 Å². The summed E-state index contributed by atoms with van der Waals surface area (Å²) in [4.78, 5) is 11.8. The fourth-order valence-electron chi connectivity index (χ4n) is 1.95. The predicted octanol–water partition coefficient (Wildman–Crippen LogP) is 3.14. The molecular weight excluding hydrogens is 298 g/mol. The molecule has 0 radical (unpaired) electrons. The van der Waals surface area contributed by atoms with Crippen LogP contribution in [-0.4, -0.2) is 26.7 Å². The van der Waals surface area contributed by atoms with Gasteiger partial charge in [-0.05, 0) is 52.6 Å². The van der Waals surface area contributed by atoms with Crippen LogP contribution in [0.25, 0.3) is 6.08 Å². The Morgan fingerprint density at radius 2 is 2.05 bits per heavy atom. The van der Waals surface area contributed by atoms with Gasteiger partial charge in [-0.25, -0.2) is 0 Å². The molecule has 0 aliphatic heterocycles. The smallest absolute Gasteiger partial charge is 0.244 e. The van der Waals surface area contributed by atoms with Gasteiger partial charge in [0.2, 0.25) is 5.91 Å². The Kier molecular flexibility index (Phi) is 6.03. The van der Waals surface area contributed by atoms with Crippen molar-refractivity contribution in [3.63, 3.8) is 0 Å². The Bertz CT molecular complexity index is 635. The number of ether oxygens (including phenoxy) is 2. The normalized spacial score (nSPS) is 10.6. The standard InChI is InChI=1S/C17H19NO3S/c1-20-15-5-3-13(11-16(15)21-2)4-6-17(19)18-9-7-14-8-10-22-12-14/h3-6,8,10-12H,7,9H2,1-2H3,(H,18,19)/b6-4+. The minimum absolute atomic E-state index is 0.106. The van der Waals surface area contributed by atoms with Crippen molar-refractivity contribution in [1.29, 1.82) is 0 Å². The van der Waals surface area contributed by atoms with E-state index < -0.39 is 0 Å². The molecule has 0 spiro atoms. The zero-order valence-corrected chi connectivity index (χ0v) is 13.5. The van der Waals surface area contributed by atoms with Gasteiger partial charge >= 0.3 is 0 Å². The van der Waals surface area contributed by atoms with Crippen molar-refractivity contribution in [2.24, 2.45) is 0 Å². The first-order chi connectivity index (χ1) is 10.7. The molecular formula is C17H19NO3S. The molecule has 5 heteroatoms. The van der Waals surface area contributed by atoms with E-state index in [0.717, 1.165) is 12.0 Å². The number of hydrogen-bond donors (Lipinski definition) is 1. The molecule has 2 aromatic rings. The van der Waals surface area contributed by atoms with Gasteiger partial charge in [-0.3, -0.25) is 4.79 Å². The van der Waals surface area contributed by atoms with E-state index in [4.69, 9.17) is 9.47 Å². The van der Waals surface area contributed by atoms with Gasteiger partial charge in [-0.1, -0.05) is 6.07 Å². The van der Waals surface area contributed by atoms with E-state index in [1.165, 1.54) is 11.6 Å². The zero-order valence-electron chi connectivity index (χ0n) is 12.7. The molecule has 1 N–H and O–H groups in total. The third kappa shape index (κ3) is 4.63. The van der Waals surface area contributed by atoms with Gasteiger partial charge in [0.1, 0.15) is 0 Å². The molecule has 0 unspecified atom stereocenters. The Morgan fingerprint density at radius 1 is 1.23 bits per heavy atom. The lowest BCUT2D eigenvalue weighted by molar-refractivity contribution is -0.116. The number of carbonyl (C=O) groups excluding carboxylic acids is 1. The molecule has 1 heterocycles. The summed E-state index contributed by atoms with van der Waals surface area (Å²) in [5.41, 5.74) is 2.12. The van der Waals surface area contributed by atoms with Crippen LogP contribution in [0.5, 0.6) is 11.5 Å². The number of thiophene rings is 1. The van der Waals surface area contributed by atoms with E-state index in [9.17, 15) is 4.79 Å². The van der Waals surface area contributed by atoms with Gasteiger partial charge in [-0.15, -0.1) is 0 Å². The van der Waals surface area contributed by atoms with Crippen LogP contribution in [0, 0.1) is 0 Å². The summed E-state index contributed by atoms with van der Waals surface area (Å²) < 4.78 is 10.4. The first-order valence-electron chi connectivity index (χ1n) is 6.92. The highest BCUT2D eigenvalue weighted by molar-refractivity contribution is 7.07. The molecule has 0 fully saturated rings. The molecule has 1 aromatic carbocycles. The summed E-state index contributed by atoms with van der Waals surface area (Å²) in [7, 11) is 3.18. The van der Waals surface area contributed by atoms with Gasteiger partial charge in [-0.2, -0.15) is 11.3 Å². The van der Waals surface area contributed by atoms with Crippen molar-refractivity contribution in [2.75, 3.05) is 20.8 Å². The second-order valence-corrected chi connectivity index (χ2v) is 5.40. The maximum atomic E-state index is 11.8. The highest BCUT2D eigenvalue weighted by Crippen LogP contribution is 2.27. The Balaban J connectivity index is 1.86. The average molecular weight is 317 g/mol. The minimum atomic E-state index is -0.106. The topological polar surface area (TPSA) is 47.6 Å². The predicted molar refractivity (Wildman–Crippen MR) is 89.6 cm³/mol. The lowest BCUT2D eigenvalue weighted by atomic mass is 10.2. The Labute approximate surface area is 134 Å². The Hall–Kier alpha value is -2.27. The molecule has 116 valence electrons. The largest absolute Gasteiger partial charge is 0.493 e. The van der Waals surface area contributed by atoms with Gasteiger partial charge in [0.25, 0.3) is 0 Å². The van der Waals surface area contributed by atoms with Gasteiger partial charge < -0.3 is 14.8 Å². The second kappa shape index (κ2) is 8.24. The molecule has 1 aromatic heterocycles. The molecule has 0 bridgehead atoms. The van der Waals surface area contributed by atoms with E-state index in [1.54, 1.807) is 31.6 Å². The number of methoxy groups -OCH3 is 2. The van der Waals surface area contributed by atoms with Crippen molar-refractivity contribution >= 4 is 23.3 Å². The third-order valence-corrected chi connectivity index (χ3v) is 3.86. The van der Waals surface area contributed by atoms with Crippen LogP contribution < -0.4 is 14.8 Å². The first-order valence-corrected chi connectivity index (χ1v) is 7.86. The molecule has 1 amide bonds. The van der Waals surface area contributed by atoms with Crippen LogP contribution in [0.3, 0.4) is 0 Å². The van der Waals surface area contributed by atoms with Crippen molar-refractivity contribution in [3.8, 4) is 11.5 Å². The van der Waals surface area contributed by atoms with E-state index in [-0.39, 0.29) is 5.91 Å². The summed E-state index contributed by atoms with van der Waals surface area (Å²) in [6.07, 6.45) is 4.12. The number of nitrogens with one attached hydrogen (secondary N) is 1. The van der Waals surface area contributed by atoms with Crippen LogP contribution in [-0.2, 0) is 11.2 Å². The molecule has 0 saturated carbocycles. The highest BCUT2D eigenvalue weighted by Gasteiger charge is 2.03. The van der Waals surface area contributed by atoms with Crippen molar-refractivity contribution in [3.05, 3.63) is 52.2 Å². The molecule has 2 rings (SSSR count). The summed E-state index contributed by atoms with van der Waals surface area (Å²) in [6, 6.07) is 7.58. The van der Waals surface area contributed by atoms with Gasteiger partial charge in [0.15, 0.2) is 11.5 Å². The molecule has 4 nitrogen and oxygen atoms in total. The average Bonchev–Trinajstić information content (AvgIpc) is 3.06. The summed E-state index contributed by atoms with van der Waals surface area (Å²) >= 11 is 1.66. The fraction of sp³-hybridized carbons (Fsp3) is 0.235. The monoisotopic (exact) mass is 317 g/mol. The fourth-order valence-corrected chi connectivity index (χ4v) is 2.66. The van der Waals surface area contributed by atoms with Gasteiger partial charge in [0, 0.05) is 12.6 Å². The summed E-state index contributed by atoms with van der Waals surface area (Å²) in [6.45, 7) is 0.631. The zero-order chi connectivity index (χ0) is 15.8. The van der Waals surface area contributed by atoms with E-state index >= 15 is 0 Å². The number of rotatable bonds is 7.